The lowest BCUT2D eigenvalue weighted by atomic mass is 9.92. The van der Waals surface area contributed by atoms with Crippen molar-refractivity contribution in [2.75, 3.05) is 18.8 Å². The summed E-state index contributed by atoms with van der Waals surface area (Å²) in [4.78, 5) is 18.7. The van der Waals surface area contributed by atoms with Gasteiger partial charge < -0.3 is 9.32 Å². The van der Waals surface area contributed by atoms with Gasteiger partial charge in [-0.05, 0) is 25.2 Å². The molecule has 3 heterocycles. The number of rotatable bonds is 5. The smallest absolute Gasteiger partial charge is 0.277 e. The van der Waals surface area contributed by atoms with Gasteiger partial charge in [0.2, 0.25) is 11.8 Å². The van der Waals surface area contributed by atoms with Gasteiger partial charge in [-0.3, -0.25) is 4.79 Å². The number of aromatic nitrogens is 3. The third kappa shape index (κ3) is 4.57. The molecular weight excluding hydrogens is 344 g/mol. The van der Waals surface area contributed by atoms with Crippen molar-refractivity contribution in [3.8, 4) is 0 Å². The molecule has 0 aliphatic carbocycles. The van der Waals surface area contributed by atoms with Gasteiger partial charge in [0.05, 0.1) is 22.9 Å². The van der Waals surface area contributed by atoms with Crippen molar-refractivity contribution in [3.05, 3.63) is 22.0 Å². The lowest BCUT2D eigenvalue weighted by molar-refractivity contribution is -0.130. The fourth-order valence-electron chi connectivity index (χ4n) is 3.09. The molecule has 6 nitrogen and oxygen atoms in total. The standard InChI is InChI=1S/C16H22N4O2S2/c1-10-4-11(2)7-20(6-10)15(21)9-24-16-19-18-14(22-16)5-13-8-23-12(3)17-13/h8,10-11H,4-7,9H2,1-3H3/t10-,11+. The highest BCUT2D eigenvalue weighted by atomic mass is 32.2. The number of carbonyl (C=O) groups excluding carboxylic acids is 1. The number of hydrogen-bond donors (Lipinski definition) is 0. The monoisotopic (exact) mass is 366 g/mol. The summed E-state index contributed by atoms with van der Waals surface area (Å²) >= 11 is 2.92. The van der Waals surface area contributed by atoms with Crippen molar-refractivity contribution in [1.82, 2.24) is 20.1 Å². The van der Waals surface area contributed by atoms with Gasteiger partial charge in [-0.15, -0.1) is 21.5 Å². The first-order valence-corrected chi connectivity index (χ1v) is 10.00. The lowest BCUT2D eigenvalue weighted by Crippen LogP contribution is -2.43. The highest BCUT2D eigenvalue weighted by molar-refractivity contribution is 7.99. The van der Waals surface area contributed by atoms with Crippen molar-refractivity contribution >= 4 is 29.0 Å². The van der Waals surface area contributed by atoms with Crippen molar-refractivity contribution in [2.45, 2.75) is 38.8 Å². The summed E-state index contributed by atoms with van der Waals surface area (Å²) in [6, 6.07) is 0. The van der Waals surface area contributed by atoms with E-state index in [-0.39, 0.29) is 5.91 Å². The largest absolute Gasteiger partial charge is 0.416 e. The Morgan fingerprint density at radius 3 is 2.79 bits per heavy atom. The Kier molecular flexibility index (Phi) is 5.55. The topological polar surface area (TPSA) is 72.1 Å². The molecule has 8 heteroatoms. The second kappa shape index (κ2) is 7.65. The molecule has 1 saturated heterocycles. The summed E-state index contributed by atoms with van der Waals surface area (Å²) in [6.45, 7) is 8.07. The number of amides is 1. The van der Waals surface area contributed by atoms with E-state index in [4.69, 9.17) is 4.42 Å². The number of nitrogens with zero attached hydrogens (tertiary/aromatic N) is 4. The van der Waals surface area contributed by atoms with Gasteiger partial charge in [-0.1, -0.05) is 25.6 Å². The van der Waals surface area contributed by atoms with E-state index < -0.39 is 0 Å². The van der Waals surface area contributed by atoms with E-state index in [2.05, 4.69) is 29.0 Å². The second-order valence-corrected chi connectivity index (χ2v) is 8.52. The first-order chi connectivity index (χ1) is 11.5. The van der Waals surface area contributed by atoms with E-state index in [0.29, 0.717) is 35.1 Å². The maximum Gasteiger partial charge on any atom is 0.277 e. The van der Waals surface area contributed by atoms with E-state index in [9.17, 15) is 4.79 Å². The Morgan fingerprint density at radius 2 is 2.12 bits per heavy atom. The Balaban J connectivity index is 1.50. The predicted molar refractivity (Wildman–Crippen MR) is 94.2 cm³/mol. The second-order valence-electron chi connectivity index (χ2n) is 6.53. The van der Waals surface area contributed by atoms with E-state index in [0.717, 1.165) is 23.8 Å². The molecule has 1 aliphatic rings. The molecular formula is C16H22N4O2S2. The van der Waals surface area contributed by atoms with Crippen LogP contribution in [-0.2, 0) is 11.2 Å². The average molecular weight is 367 g/mol. The molecule has 0 spiro atoms. The molecule has 130 valence electrons. The molecule has 0 unspecified atom stereocenters. The third-order valence-electron chi connectivity index (χ3n) is 3.99. The summed E-state index contributed by atoms with van der Waals surface area (Å²) in [7, 11) is 0. The molecule has 0 radical (unpaired) electrons. The van der Waals surface area contributed by atoms with Gasteiger partial charge in [0.1, 0.15) is 0 Å². The Hall–Kier alpha value is -1.41. The number of carbonyl (C=O) groups is 1. The molecule has 2 aromatic heterocycles. The molecule has 0 aromatic carbocycles. The highest BCUT2D eigenvalue weighted by Gasteiger charge is 2.25. The van der Waals surface area contributed by atoms with Crippen LogP contribution in [0, 0.1) is 18.8 Å². The zero-order valence-corrected chi connectivity index (χ0v) is 15.8. The molecule has 3 rings (SSSR count). The number of aryl methyl sites for hydroxylation is 1. The molecule has 1 amide bonds. The van der Waals surface area contributed by atoms with Crippen LogP contribution in [0.25, 0.3) is 0 Å². The van der Waals surface area contributed by atoms with E-state index >= 15 is 0 Å². The minimum atomic E-state index is 0.147. The van der Waals surface area contributed by atoms with E-state index in [1.54, 1.807) is 11.3 Å². The number of likely N-dealkylation sites (tertiary alicyclic amines) is 1. The van der Waals surface area contributed by atoms with Crippen LogP contribution in [0.3, 0.4) is 0 Å². The number of piperidine rings is 1. The van der Waals surface area contributed by atoms with Crippen molar-refractivity contribution in [3.63, 3.8) is 0 Å². The molecule has 24 heavy (non-hydrogen) atoms. The Bertz CT molecular complexity index is 690. The Labute approximate surface area is 150 Å². The van der Waals surface area contributed by atoms with Crippen LogP contribution in [0.4, 0.5) is 0 Å². The quantitative estimate of drug-likeness (QED) is 0.758. The van der Waals surface area contributed by atoms with Crippen molar-refractivity contribution < 1.29 is 9.21 Å². The number of thiazole rings is 1. The normalized spacial score (nSPS) is 21.2. The molecule has 0 saturated carbocycles. The molecule has 2 aromatic rings. The highest BCUT2D eigenvalue weighted by Crippen LogP contribution is 2.23. The summed E-state index contributed by atoms with van der Waals surface area (Å²) in [5.74, 6) is 2.17. The van der Waals surface area contributed by atoms with Crippen LogP contribution in [-0.4, -0.2) is 44.8 Å². The van der Waals surface area contributed by atoms with Gasteiger partial charge >= 0.3 is 0 Å². The lowest BCUT2D eigenvalue weighted by Gasteiger charge is -2.34. The van der Waals surface area contributed by atoms with Crippen molar-refractivity contribution in [2.24, 2.45) is 11.8 Å². The van der Waals surface area contributed by atoms with Gasteiger partial charge in [-0.25, -0.2) is 4.98 Å². The van der Waals surface area contributed by atoms with Gasteiger partial charge in [0.15, 0.2) is 0 Å². The third-order valence-corrected chi connectivity index (χ3v) is 5.61. The summed E-state index contributed by atoms with van der Waals surface area (Å²) in [6.07, 6.45) is 1.73. The number of thioether (sulfide) groups is 1. The minimum absolute atomic E-state index is 0.147. The van der Waals surface area contributed by atoms with Gasteiger partial charge in [0.25, 0.3) is 5.22 Å². The molecule has 1 fully saturated rings. The predicted octanol–water partition coefficient (Wildman–Crippen LogP) is 3.02. The first-order valence-electron chi connectivity index (χ1n) is 8.13. The van der Waals surface area contributed by atoms with Crippen LogP contribution < -0.4 is 0 Å². The SMILES string of the molecule is Cc1nc(Cc2nnc(SCC(=O)N3C[C@H](C)C[C@H](C)C3)o2)cs1. The molecule has 0 N–H and O–H groups in total. The zero-order valence-electron chi connectivity index (χ0n) is 14.2. The first kappa shape index (κ1) is 17.4. The molecule has 2 atom stereocenters. The molecule has 0 bridgehead atoms. The Morgan fingerprint density at radius 1 is 1.38 bits per heavy atom. The number of hydrogen-bond acceptors (Lipinski definition) is 7. The fourth-order valence-corrected chi connectivity index (χ4v) is 4.39. The average Bonchev–Trinajstić information content (AvgIpc) is 3.13. The summed E-state index contributed by atoms with van der Waals surface area (Å²) in [5.41, 5.74) is 0.935. The summed E-state index contributed by atoms with van der Waals surface area (Å²) < 4.78 is 5.61. The van der Waals surface area contributed by atoms with Gasteiger partial charge in [-0.2, -0.15) is 0 Å². The maximum absolute atomic E-state index is 12.4. The maximum atomic E-state index is 12.4. The zero-order chi connectivity index (χ0) is 17.1. The van der Waals surface area contributed by atoms with Gasteiger partial charge in [0, 0.05) is 18.5 Å². The van der Waals surface area contributed by atoms with Crippen LogP contribution in [0.2, 0.25) is 0 Å². The van der Waals surface area contributed by atoms with Crippen LogP contribution in [0.1, 0.15) is 36.9 Å². The van der Waals surface area contributed by atoms with Crippen LogP contribution >= 0.6 is 23.1 Å². The molecule has 1 aliphatic heterocycles. The van der Waals surface area contributed by atoms with Crippen LogP contribution in [0.15, 0.2) is 15.0 Å². The minimum Gasteiger partial charge on any atom is -0.416 e. The van der Waals surface area contributed by atoms with Crippen molar-refractivity contribution in [1.29, 1.82) is 0 Å². The summed E-state index contributed by atoms with van der Waals surface area (Å²) in [5, 5.41) is 11.5. The van der Waals surface area contributed by atoms with E-state index in [1.807, 2.05) is 17.2 Å². The fraction of sp³-hybridized carbons (Fsp3) is 0.625. The van der Waals surface area contributed by atoms with E-state index in [1.165, 1.54) is 18.2 Å². The van der Waals surface area contributed by atoms with Crippen LogP contribution in [0.5, 0.6) is 0 Å².